The minimum atomic E-state index is -0.197. The predicted molar refractivity (Wildman–Crippen MR) is 86.4 cm³/mol. The molecule has 0 spiro atoms. The summed E-state index contributed by atoms with van der Waals surface area (Å²) < 4.78 is 15.9. The van der Waals surface area contributed by atoms with Crippen molar-refractivity contribution in [1.29, 1.82) is 0 Å². The summed E-state index contributed by atoms with van der Waals surface area (Å²) in [4.78, 5) is 4.54. The third-order valence-electron chi connectivity index (χ3n) is 3.59. The smallest absolute Gasteiger partial charge is 0.128 e. The zero-order valence-electron chi connectivity index (χ0n) is 12.1. The van der Waals surface area contributed by atoms with Crippen LogP contribution < -0.4 is 0 Å². The lowest BCUT2D eigenvalue weighted by Gasteiger charge is -2.12. The lowest BCUT2D eigenvalue weighted by Crippen LogP contribution is -2.09. The first-order valence-corrected chi connectivity index (χ1v) is 8.63. The summed E-state index contributed by atoms with van der Waals surface area (Å²) in [6.45, 7) is 4.91. The zero-order valence-corrected chi connectivity index (χ0v) is 13.7. The van der Waals surface area contributed by atoms with Gasteiger partial charge in [-0.25, -0.2) is 9.37 Å². The lowest BCUT2D eigenvalue weighted by atomic mass is 10.2. The summed E-state index contributed by atoms with van der Waals surface area (Å²) in [7, 11) is 0. The van der Waals surface area contributed by atoms with E-state index >= 15 is 0 Å². The van der Waals surface area contributed by atoms with Crippen LogP contribution in [0.15, 0.2) is 12.1 Å². The van der Waals surface area contributed by atoms with Crippen molar-refractivity contribution in [2.45, 2.75) is 38.5 Å². The largest absolute Gasteiger partial charge is 0.328 e. The van der Waals surface area contributed by atoms with Gasteiger partial charge in [0, 0.05) is 30.2 Å². The first kappa shape index (κ1) is 15.6. The van der Waals surface area contributed by atoms with Crippen LogP contribution in [-0.2, 0) is 13.0 Å². The highest BCUT2D eigenvalue weighted by Crippen LogP contribution is 2.22. The number of rotatable bonds is 6. The van der Waals surface area contributed by atoms with E-state index in [0.29, 0.717) is 23.1 Å². The summed E-state index contributed by atoms with van der Waals surface area (Å²) in [5.74, 6) is 1.29. The summed E-state index contributed by atoms with van der Waals surface area (Å²) in [6.07, 6.45) is 3.90. The fraction of sp³-hybridized carbons (Fsp3) is 0.533. The second-order valence-corrected chi connectivity index (χ2v) is 6.70. The van der Waals surface area contributed by atoms with Gasteiger partial charge in [-0.2, -0.15) is 11.8 Å². The summed E-state index contributed by atoms with van der Waals surface area (Å²) in [5.41, 5.74) is 2.40. The van der Waals surface area contributed by atoms with Crippen molar-refractivity contribution in [3.8, 4) is 0 Å². The molecular formula is C15H20ClFN2S. The molecule has 5 heteroatoms. The number of benzene rings is 1. The number of aryl methyl sites for hydroxylation is 3. The molecule has 0 radical (unpaired) electrons. The summed E-state index contributed by atoms with van der Waals surface area (Å²) in [6, 6.07) is 3.41. The number of alkyl halides is 1. The second kappa shape index (κ2) is 6.81. The van der Waals surface area contributed by atoms with Crippen LogP contribution in [0.25, 0.3) is 11.0 Å². The van der Waals surface area contributed by atoms with E-state index in [-0.39, 0.29) is 5.82 Å². The van der Waals surface area contributed by atoms with Gasteiger partial charge in [0.05, 0.1) is 11.0 Å². The Balaban J connectivity index is 2.42. The monoisotopic (exact) mass is 314 g/mol. The molecule has 2 aromatic rings. The number of halogens is 2. The Hall–Kier alpha value is -0.740. The van der Waals surface area contributed by atoms with Gasteiger partial charge in [-0.15, -0.1) is 11.6 Å². The lowest BCUT2D eigenvalue weighted by molar-refractivity contribution is 0.618. The highest BCUT2D eigenvalue weighted by atomic mass is 35.5. The van der Waals surface area contributed by atoms with Crippen LogP contribution >= 0.6 is 23.4 Å². The number of hydrogen-bond acceptors (Lipinski definition) is 2. The van der Waals surface area contributed by atoms with E-state index in [9.17, 15) is 4.39 Å². The maximum Gasteiger partial charge on any atom is 0.128 e. The Morgan fingerprint density at radius 3 is 2.85 bits per heavy atom. The molecule has 0 aliphatic rings. The molecule has 110 valence electrons. The van der Waals surface area contributed by atoms with Crippen molar-refractivity contribution in [3.05, 3.63) is 29.3 Å². The van der Waals surface area contributed by atoms with Crippen molar-refractivity contribution >= 4 is 34.4 Å². The molecule has 0 saturated carbocycles. The number of fused-ring (bicyclic) bond motifs is 1. The van der Waals surface area contributed by atoms with E-state index in [1.165, 1.54) is 6.07 Å². The fourth-order valence-electron chi connectivity index (χ4n) is 2.25. The van der Waals surface area contributed by atoms with Crippen LogP contribution in [0.3, 0.4) is 0 Å². The summed E-state index contributed by atoms with van der Waals surface area (Å²) in [5, 5.41) is 0.595. The molecule has 0 amide bonds. The quantitative estimate of drug-likeness (QED) is 0.735. The molecular weight excluding hydrogens is 295 g/mol. The van der Waals surface area contributed by atoms with Crippen molar-refractivity contribution in [3.63, 3.8) is 0 Å². The zero-order chi connectivity index (χ0) is 14.7. The van der Waals surface area contributed by atoms with Crippen LogP contribution in [0.1, 0.15) is 24.7 Å². The Kier molecular flexibility index (Phi) is 5.33. The average Bonchev–Trinajstić information content (AvgIpc) is 2.74. The van der Waals surface area contributed by atoms with Crippen LogP contribution in [0.4, 0.5) is 4.39 Å². The molecule has 1 aromatic heterocycles. The minimum absolute atomic E-state index is 0.197. The molecule has 2 nitrogen and oxygen atoms in total. The normalized spacial score (nSPS) is 13.1. The molecule has 20 heavy (non-hydrogen) atoms. The van der Waals surface area contributed by atoms with Gasteiger partial charge < -0.3 is 4.57 Å². The highest BCUT2D eigenvalue weighted by molar-refractivity contribution is 7.99. The van der Waals surface area contributed by atoms with Gasteiger partial charge in [-0.1, -0.05) is 6.92 Å². The Morgan fingerprint density at radius 2 is 2.20 bits per heavy atom. The van der Waals surface area contributed by atoms with Crippen molar-refractivity contribution < 1.29 is 4.39 Å². The van der Waals surface area contributed by atoms with E-state index in [0.717, 1.165) is 29.8 Å². The van der Waals surface area contributed by atoms with Crippen LogP contribution in [-0.4, -0.2) is 26.9 Å². The molecule has 1 unspecified atom stereocenters. The molecule has 0 aliphatic heterocycles. The van der Waals surface area contributed by atoms with Crippen molar-refractivity contribution in [1.82, 2.24) is 9.55 Å². The topological polar surface area (TPSA) is 17.8 Å². The van der Waals surface area contributed by atoms with Gasteiger partial charge in [0.2, 0.25) is 0 Å². The third kappa shape index (κ3) is 3.29. The number of hydrogen-bond donors (Lipinski definition) is 0. The van der Waals surface area contributed by atoms with E-state index in [2.05, 4.69) is 22.7 Å². The molecule has 1 aromatic carbocycles. The molecule has 1 heterocycles. The van der Waals surface area contributed by atoms with Crippen LogP contribution in [0.5, 0.6) is 0 Å². The Morgan fingerprint density at radius 1 is 1.45 bits per heavy atom. The van der Waals surface area contributed by atoms with E-state index < -0.39 is 0 Å². The molecule has 0 N–H and O–H groups in total. The number of thioether (sulfide) groups is 1. The molecule has 1 atom stereocenters. The average molecular weight is 315 g/mol. The second-order valence-electron chi connectivity index (χ2n) is 5.04. The van der Waals surface area contributed by atoms with Crippen LogP contribution in [0, 0.1) is 12.7 Å². The number of imidazole rings is 1. The highest BCUT2D eigenvalue weighted by Gasteiger charge is 2.13. The SMILES string of the molecule is CSC(C)CCn1c(CCCl)nc2cc(F)c(C)cc21. The first-order chi connectivity index (χ1) is 9.56. The van der Waals surface area contributed by atoms with Crippen LogP contribution in [0.2, 0.25) is 0 Å². The molecule has 0 bridgehead atoms. The van der Waals surface area contributed by atoms with E-state index in [4.69, 9.17) is 11.6 Å². The Labute approximate surface area is 128 Å². The van der Waals surface area contributed by atoms with Crippen molar-refractivity contribution in [2.24, 2.45) is 0 Å². The van der Waals surface area contributed by atoms with Gasteiger partial charge in [0.15, 0.2) is 0 Å². The maximum absolute atomic E-state index is 13.7. The first-order valence-electron chi connectivity index (χ1n) is 6.80. The molecule has 2 rings (SSSR count). The predicted octanol–water partition coefficient (Wildman–Crippen LogP) is 4.41. The maximum atomic E-state index is 13.7. The minimum Gasteiger partial charge on any atom is -0.328 e. The third-order valence-corrected chi connectivity index (χ3v) is 4.82. The standard InChI is InChI=1S/C15H20ClFN2S/c1-10-8-14-13(9-12(10)17)18-15(4-6-16)19(14)7-5-11(2)20-3/h8-9,11H,4-7H2,1-3H3. The van der Waals surface area contributed by atoms with Gasteiger partial charge in [-0.05, 0) is 31.2 Å². The summed E-state index contributed by atoms with van der Waals surface area (Å²) >= 11 is 7.71. The molecule has 0 fully saturated rings. The van der Waals surface area contributed by atoms with Crippen molar-refractivity contribution in [2.75, 3.05) is 12.1 Å². The van der Waals surface area contributed by atoms with E-state index in [1.54, 1.807) is 6.92 Å². The van der Waals surface area contributed by atoms with Gasteiger partial charge in [0.1, 0.15) is 11.6 Å². The number of aromatic nitrogens is 2. The fourth-order valence-corrected chi connectivity index (χ4v) is 2.76. The number of nitrogens with zero attached hydrogens (tertiary/aromatic N) is 2. The van der Waals surface area contributed by atoms with Gasteiger partial charge in [-0.3, -0.25) is 0 Å². The van der Waals surface area contributed by atoms with E-state index in [1.807, 2.05) is 17.8 Å². The Bertz CT molecular complexity index is 597. The molecule has 0 aliphatic carbocycles. The van der Waals surface area contributed by atoms with Gasteiger partial charge >= 0.3 is 0 Å². The van der Waals surface area contributed by atoms with Gasteiger partial charge in [0.25, 0.3) is 0 Å². The molecule has 0 saturated heterocycles.